The quantitative estimate of drug-likeness (QED) is 0.745. The molecule has 0 aromatic heterocycles. The highest BCUT2D eigenvalue weighted by Gasteiger charge is 2.16. The first kappa shape index (κ1) is 14.7. The van der Waals surface area contributed by atoms with Crippen LogP contribution in [0, 0.1) is 5.82 Å². The van der Waals surface area contributed by atoms with Crippen LogP contribution >= 0.6 is 0 Å². The van der Waals surface area contributed by atoms with Crippen molar-refractivity contribution in [3.8, 4) is 0 Å². The normalized spacial score (nSPS) is 12.2. The Hall–Kier alpha value is -1.35. The average molecular weight is 250 g/mol. The van der Waals surface area contributed by atoms with Crippen LogP contribution in [0.4, 0.5) is 10.1 Å². The molecule has 0 aliphatic rings. The second kappa shape index (κ2) is 7.17. The van der Waals surface area contributed by atoms with Gasteiger partial charge in [-0.3, -0.25) is 0 Å². The van der Waals surface area contributed by atoms with E-state index in [0.717, 1.165) is 30.8 Å². The molecule has 1 rings (SSSR count). The van der Waals surface area contributed by atoms with E-state index in [1.54, 1.807) is 6.07 Å². The maximum Gasteiger partial charge on any atom is 0.130 e. The molecule has 0 heterocycles. The van der Waals surface area contributed by atoms with Gasteiger partial charge in [0.05, 0.1) is 0 Å². The fourth-order valence-corrected chi connectivity index (χ4v) is 2.10. The number of hydrogen-bond acceptors (Lipinski definition) is 2. The standard InChI is InChI=1S/C15H23FN2/c1-5-7-11-18(4)14-10-8-9-13(16)15(14)12(3)17-6-2/h5,8-10,12,17H,1,6-7,11H2,2-4H3. The van der Waals surface area contributed by atoms with Crippen LogP contribution in [0.3, 0.4) is 0 Å². The Bertz CT molecular complexity index is 390. The molecule has 0 radical (unpaired) electrons. The molecule has 0 bridgehead atoms. The van der Waals surface area contributed by atoms with Crippen molar-refractivity contribution >= 4 is 5.69 Å². The van der Waals surface area contributed by atoms with Gasteiger partial charge in [0, 0.05) is 30.9 Å². The molecule has 2 nitrogen and oxygen atoms in total. The summed E-state index contributed by atoms with van der Waals surface area (Å²) < 4.78 is 14.0. The second-order valence-corrected chi connectivity index (χ2v) is 4.45. The topological polar surface area (TPSA) is 15.3 Å². The molecular formula is C15H23FN2. The Kier molecular flexibility index (Phi) is 5.86. The Morgan fingerprint density at radius 3 is 2.83 bits per heavy atom. The summed E-state index contributed by atoms with van der Waals surface area (Å²) in [5.74, 6) is -0.147. The van der Waals surface area contributed by atoms with Crippen LogP contribution in [0.15, 0.2) is 30.9 Å². The van der Waals surface area contributed by atoms with Crippen molar-refractivity contribution in [1.29, 1.82) is 0 Å². The lowest BCUT2D eigenvalue weighted by atomic mass is 10.0. The molecule has 1 aromatic carbocycles. The molecule has 1 aromatic rings. The van der Waals surface area contributed by atoms with Crippen molar-refractivity contribution in [3.63, 3.8) is 0 Å². The molecule has 1 unspecified atom stereocenters. The second-order valence-electron chi connectivity index (χ2n) is 4.45. The minimum Gasteiger partial charge on any atom is -0.374 e. The van der Waals surface area contributed by atoms with E-state index in [1.807, 2.05) is 33.0 Å². The van der Waals surface area contributed by atoms with Crippen LogP contribution in [0.2, 0.25) is 0 Å². The van der Waals surface area contributed by atoms with Gasteiger partial charge in [-0.25, -0.2) is 4.39 Å². The van der Waals surface area contributed by atoms with E-state index in [2.05, 4.69) is 16.8 Å². The van der Waals surface area contributed by atoms with E-state index in [9.17, 15) is 4.39 Å². The third-order valence-electron chi connectivity index (χ3n) is 3.05. The van der Waals surface area contributed by atoms with E-state index < -0.39 is 0 Å². The zero-order chi connectivity index (χ0) is 13.5. The first-order valence-corrected chi connectivity index (χ1v) is 6.45. The predicted octanol–water partition coefficient (Wildman–Crippen LogP) is 3.51. The fourth-order valence-electron chi connectivity index (χ4n) is 2.10. The minimum absolute atomic E-state index is 0.0115. The first-order chi connectivity index (χ1) is 8.61. The van der Waals surface area contributed by atoms with Crippen molar-refractivity contribution in [1.82, 2.24) is 5.32 Å². The lowest BCUT2D eigenvalue weighted by Crippen LogP contribution is -2.25. The molecule has 0 aliphatic heterocycles. The molecule has 0 aliphatic carbocycles. The SMILES string of the molecule is C=CCCN(C)c1cccc(F)c1C(C)NCC. The van der Waals surface area contributed by atoms with Crippen molar-refractivity contribution in [2.24, 2.45) is 0 Å². The van der Waals surface area contributed by atoms with E-state index in [0.29, 0.717) is 0 Å². The minimum atomic E-state index is -0.147. The molecule has 3 heteroatoms. The Morgan fingerprint density at radius 2 is 2.22 bits per heavy atom. The van der Waals surface area contributed by atoms with Gasteiger partial charge in [0.25, 0.3) is 0 Å². The van der Waals surface area contributed by atoms with E-state index in [4.69, 9.17) is 0 Å². The van der Waals surface area contributed by atoms with Crippen molar-refractivity contribution in [2.45, 2.75) is 26.3 Å². The molecule has 1 atom stereocenters. The Labute approximate surface area is 110 Å². The molecular weight excluding hydrogens is 227 g/mol. The molecule has 0 spiro atoms. The Morgan fingerprint density at radius 1 is 1.50 bits per heavy atom. The highest BCUT2D eigenvalue weighted by molar-refractivity contribution is 5.55. The number of nitrogens with zero attached hydrogens (tertiary/aromatic N) is 1. The van der Waals surface area contributed by atoms with Crippen LogP contribution in [0.1, 0.15) is 31.9 Å². The van der Waals surface area contributed by atoms with Gasteiger partial charge >= 0.3 is 0 Å². The number of hydrogen-bond donors (Lipinski definition) is 1. The smallest absolute Gasteiger partial charge is 0.130 e. The van der Waals surface area contributed by atoms with Crippen molar-refractivity contribution in [2.75, 3.05) is 25.0 Å². The van der Waals surface area contributed by atoms with E-state index in [1.165, 1.54) is 6.07 Å². The monoisotopic (exact) mass is 250 g/mol. The fraction of sp³-hybridized carbons (Fsp3) is 0.467. The van der Waals surface area contributed by atoms with E-state index >= 15 is 0 Å². The van der Waals surface area contributed by atoms with Crippen LogP contribution < -0.4 is 10.2 Å². The number of rotatable bonds is 7. The van der Waals surface area contributed by atoms with Gasteiger partial charge < -0.3 is 10.2 Å². The van der Waals surface area contributed by atoms with Gasteiger partial charge in [-0.2, -0.15) is 0 Å². The molecule has 18 heavy (non-hydrogen) atoms. The van der Waals surface area contributed by atoms with E-state index in [-0.39, 0.29) is 11.9 Å². The van der Waals surface area contributed by atoms with Crippen molar-refractivity contribution < 1.29 is 4.39 Å². The molecule has 100 valence electrons. The molecule has 0 fully saturated rings. The largest absolute Gasteiger partial charge is 0.374 e. The summed E-state index contributed by atoms with van der Waals surface area (Å²) in [5.41, 5.74) is 1.69. The summed E-state index contributed by atoms with van der Waals surface area (Å²) in [6.07, 6.45) is 2.77. The summed E-state index contributed by atoms with van der Waals surface area (Å²) in [7, 11) is 1.99. The third-order valence-corrected chi connectivity index (χ3v) is 3.05. The zero-order valence-electron chi connectivity index (χ0n) is 11.5. The van der Waals surface area contributed by atoms with Crippen LogP contribution in [-0.2, 0) is 0 Å². The van der Waals surface area contributed by atoms with Gasteiger partial charge in [-0.15, -0.1) is 6.58 Å². The van der Waals surface area contributed by atoms with Gasteiger partial charge in [0.1, 0.15) is 5.82 Å². The summed E-state index contributed by atoms with van der Waals surface area (Å²) >= 11 is 0. The van der Waals surface area contributed by atoms with Crippen LogP contribution in [-0.4, -0.2) is 20.1 Å². The molecule has 0 amide bonds. The first-order valence-electron chi connectivity index (χ1n) is 6.45. The van der Waals surface area contributed by atoms with Gasteiger partial charge in [-0.05, 0) is 32.0 Å². The number of nitrogens with one attached hydrogen (secondary N) is 1. The van der Waals surface area contributed by atoms with Gasteiger partial charge in [-0.1, -0.05) is 19.1 Å². The Balaban J connectivity index is 3.02. The van der Waals surface area contributed by atoms with Crippen LogP contribution in [0.25, 0.3) is 0 Å². The third kappa shape index (κ3) is 3.57. The van der Waals surface area contributed by atoms with Crippen molar-refractivity contribution in [3.05, 3.63) is 42.2 Å². The molecule has 0 saturated heterocycles. The summed E-state index contributed by atoms with van der Waals surface area (Å²) in [5, 5.41) is 3.27. The maximum atomic E-state index is 14.0. The lowest BCUT2D eigenvalue weighted by Gasteiger charge is -2.25. The van der Waals surface area contributed by atoms with Gasteiger partial charge in [0.2, 0.25) is 0 Å². The molecule has 0 saturated carbocycles. The lowest BCUT2D eigenvalue weighted by molar-refractivity contribution is 0.540. The van der Waals surface area contributed by atoms with Crippen LogP contribution in [0.5, 0.6) is 0 Å². The zero-order valence-corrected chi connectivity index (χ0v) is 11.5. The summed E-state index contributed by atoms with van der Waals surface area (Å²) in [4.78, 5) is 2.08. The van der Waals surface area contributed by atoms with Gasteiger partial charge in [0.15, 0.2) is 0 Å². The number of benzene rings is 1. The highest BCUT2D eigenvalue weighted by atomic mass is 19.1. The molecule has 1 N–H and O–H groups in total. The highest BCUT2D eigenvalue weighted by Crippen LogP contribution is 2.28. The predicted molar refractivity (Wildman–Crippen MR) is 76.6 cm³/mol. The summed E-state index contributed by atoms with van der Waals surface area (Å²) in [6.45, 7) is 9.41. The number of anilines is 1. The average Bonchev–Trinajstić information content (AvgIpc) is 2.35. The summed E-state index contributed by atoms with van der Waals surface area (Å²) in [6, 6.07) is 5.26. The maximum absolute atomic E-state index is 14.0. The number of halogens is 1.